The van der Waals surface area contributed by atoms with Crippen LogP contribution in [-0.2, 0) is 14.6 Å². The third-order valence-corrected chi connectivity index (χ3v) is 6.51. The normalized spacial score (nSPS) is 25.8. The predicted octanol–water partition coefficient (Wildman–Crippen LogP) is 0.296. The maximum absolute atomic E-state index is 12.6. The lowest BCUT2D eigenvalue weighted by atomic mass is 10.2. The maximum Gasteiger partial charge on any atom is 0.237 e. The number of hydrogen-bond acceptors (Lipinski definition) is 5. The number of amides is 1. The Kier molecular flexibility index (Phi) is 6.45. The van der Waals surface area contributed by atoms with E-state index in [9.17, 15) is 13.2 Å². The fourth-order valence-electron chi connectivity index (χ4n) is 3.59. The molecule has 0 saturated carbocycles. The van der Waals surface area contributed by atoms with Crippen molar-refractivity contribution in [2.45, 2.75) is 33.2 Å². The van der Waals surface area contributed by atoms with Gasteiger partial charge in [0.15, 0.2) is 9.84 Å². The standard InChI is InChI=1S/C16H31N3O3S/c1-4-19(15-5-10-23(21,22)13-15)16(20)12-18-8-6-17(7-9-18)11-14(2)3/h14-15H,4-13H2,1-3H3. The summed E-state index contributed by atoms with van der Waals surface area (Å²) in [6.07, 6.45) is 0.587. The van der Waals surface area contributed by atoms with Crippen LogP contribution in [0.2, 0.25) is 0 Å². The first-order valence-corrected chi connectivity index (χ1v) is 10.6. The van der Waals surface area contributed by atoms with Crippen LogP contribution >= 0.6 is 0 Å². The number of carbonyl (C=O) groups excluding carboxylic acids is 1. The quantitative estimate of drug-likeness (QED) is 0.693. The van der Waals surface area contributed by atoms with E-state index in [1.807, 2.05) is 6.92 Å². The lowest BCUT2D eigenvalue weighted by molar-refractivity contribution is -0.134. The molecule has 1 amide bonds. The average Bonchev–Trinajstić information content (AvgIpc) is 2.81. The highest BCUT2D eigenvalue weighted by atomic mass is 32.2. The molecule has 2 rings (SSSR count). The molecule has 1 unspecified atom stereocenters. The summed E-state index contributed by atoms with van der Waals surface area (Å²) < 4.78 is 23.3. The minimum Gasteiger partial charge on any atom is -0.338 e. The van der Waals surface area contributed by atoms with Crippen LogP contribution in [0.1, 0.15) is 27.2 Å². The van der Waals surface area contributed by atoms with Crippen LogP contribution in [-0.4, -0.2) is 92.4 Å². The number of piperazine rings is 1. The van der Waals surface area contributed by atoms with Crippen molar-refractivity contribution in [1.29, 1.82) is 0 Å². The van der Waals surface area contributed by atoms with Crippen molar-refractivity contribution in [3.8, 4) is 0 Å². The van der Waals surface area contributed by atoms with Gasteiger partial charge >= 0.3 is 0 Å². The summed E-state index contributed by atoms with van der Waals surface area (Å²) in [6.45, 7) is 12.4. The smallest absolute Gasteiger partial charge is 0.237 e. The minimum atomic E-state index is -2.95. The second-order valence-corrected chi connectivity index (χ2v) is 9.44. The molecule has 0 aromatic heterocycles. The van der Waals surface area contributed by atoms with E-state index in [0.717, 1.165) is 32.7 Å². The molecule has 0 bridgehead atoms. The van der Waals surface area contributed by atoms with E-state index in [2.05, 4.69) is 23.6 Å². The molecule has 0 N–H and O–H groups in total. The summed E-state index contributed by atoms with van der Waals surface area (Å²) >= 11 is 0. The van der Waals surface area contributed by atoms with Gasteiger partial charge in [0.1, 0.15) is 0 Å². The summed E-state index contributed by atoms with van der Waals surface area (Å²) in [7, 11) is -2.95. The fourth-order valence-corrected chi connectivity index (χ4v) is 5.32. The van der Waals surface area contributed by atoms with Gasteiger partial charge in [0.05, 0.1) is 18.1 Å². The van der Waals surface area contributed by atoms with Gasteiger partial charge in [-0.2, -0.15) is 0 Å². The number of sulfone groups is 1. The molecule has 2 heterocycles. The van der Waals surface area contributed by atoms with Gasteiger partial charge in [-0.25, -0.2) is 8.42 Å². The topological polar surface area (TPSA) is 60.9 Å². The average molecular weight is 346 g/mol. The number of rotatable bonds is 6. The van der Waals surface area contributed by atoms with Gasteiger partial charge < -0.3 is 9.80 Å². The molecule has 7 heteroatoms. The first-order chi connectivity index (χ1) is 10.8. The van der Waals surface area contributed by atoms with Crippen molar-refractivity contribution in [3.63, 3.8) is 0 Å². The Bertz CT molecular complexity index is 499. The zero-order valence-electron chi connectivity index (χ0n) is 14.7. The Hall–Kier alpha value is -0.660. The highest BCUT2D eigenvalue weighted by Gasteiger charge is 2.34. The second kappa shape index (κ2) is 7.94. The second-order valence-electron chi connectivity index (χ2n) is 7.21. The minimum absolute atomic E-state index is 0.0758. The van der Waals surface area contributed by atoms with Gasteiger partial charge in [0.25, 0.3) is 0 Å². The van der Waals surface area contributed by atoms with E-state index in [4.69, 9.17) is 0 Å². The zero-order valence-corrected chi connectivity index (χ0v) is 15.5. The van der Waals surface area contributed by atoms with Gasteiger partial charge in [-0.1, -0.05) is 13.8 Å². The number of carbonyl (C=O) groups is 1. The zero-order chi connectivity index (χ0) is 17.0. The van der Waals surface area contributed by atoms with Crippen LogP contribution in [0, 0.1) is 5.92 Å². The largest absolute Gasteiger partial charge is 0.338 e. The Balaban J connectivity index is 1.82. The molecule has 2 aliphatic rings. The Labute approximate surface area is 140 Å². The monoisotopic (exact) mass is 345 g/mol. The van der Waals surface area contributed by atoms with E-state index in [1.54, 1.807) is 4.90 Å². The third-order valence-electron chi connectivity index (χ3n) is 4.76. The number of hydrogen-bond donors (Lipinski definition) is 0. The van der Waals surface area contributed by atoms with Crippen molar-refractivity contribution in [3.05, 3.63) is 0 Å². The molecule has 23 heavy (non-hydrogen) atoms. The molecule has 2 saturated heterocycles. The lowest BCUT2D eigenvalue weighted by Gasteiger charge is -2.36. The first-order valence-electron chi connectivity index (χ1n) is 8.75. The maximum atomic E-state index is 12.6. The molecular weight excluding hydrogens is 314 g/mol. The van der Waals surface area contributed by atoms with Gasteiger partial charge in [0, 0.05) is 45.3 Å². The molecule has 2 fully saturated rings. The van der Waals surface area contributed by atoms with E-state index in [0.29, 0.717) is 25.4 Å². The Morgan fingerprint density at radius 1 is 1.17 bits per heavy atom. The number of nitrogens with zero attached hydrogens (tertiary/aromatic N) is 3. The van der Waals surface area contributed by atoms with Crippen LogP contribution in [0.5, 0.6) is 0 Å². The summed E-state index contributed by atoms with van der Waals surface area (Å²) in [5.74, 6) is 1.10. The number of likely N-dealkylation sites (N-methyl/N-ethyl adjacent to an activating group) is 1. The van der Waals surface area contributed by atoms with Crippen LogP contribution < -0.4 is 0 Å². The summed E-state index contributed by atoms with van der Waals surface area (Å²) in [4.78, 5) is 19.0. The van der Waals surface area contributed by atoms with Gasteiger partial charge in [-0.3, -0.25) is 9.69 Å². The first kappa shape index (κ1) is 18.7. The molecule has 2 aliphatic heterocycles. The molecule has 0 aromatic rings. The molecule has 0 aromatic carbocycles. The molecule has 1 atom stereocenters. The highest BCUT2D eigenvalue weighted by molar-refractivity contribution is 7.91. The Morgan fingerprint density at radius 2 is 1.78 bits per heavy atom. The van der Waals surface area contributed by atoms with Crippen LogP contribution in [0.3, 0.4) is 0 Å². The van der Waals surface area contributed by atoms with Crippen molar-refractivity contribution in [2.24, 2.45) is 5.92 Å². The SMILES string of the molecule is CCN(C(=O)CN1CCN(CC(C)C)CC1)C1CCS(=O)(=O)C1. The Morgan fingerprint density at radius 3 is 2.26 bits per heavy atom. The molecule has 0 aliphatic carbocycles. The fraction of sp³-hybridized carbons (Fsp3) is 0.938. The van der Waals surface area contributed by atoms with Crippen LogP contribution in [0.25, 0.3) is 0 Å². The van der Waals surface area contributed by atoms with E-state index >= 15 is 0 Å². The van der Waals surface area contributed by atoms with Gasteiger partial charge in [0.2, 0.25) is 5.91 Å². The van der Waals surface area contributed by atoms with Crippen LogP contribution in [0.4, 0.5) is 0 Å². The summed E-state index contributed by atoms with van der Waals surface area (Å²) in [5, 5.41) is 0. The lowest BCUT2D eigenvalue weighted by Crippen LogP contribution is -2.52. The van der Waals surface area contributed by atoms with Gasteiger partial charge in [-0.15, -0.1) is 0 Å². The molecular formula is C16H31N3O3S. The van der Waals surface area contributed by atoms with Crippen LogP contribution in [0.15, 0.2) is 0 Å². The summed E-state index contributed by atoms with van der Waals surface area (Å²) in [5.41, 5.74) is 0. The van der Waals surface area contributed by atoms with Crippen molar-refractivity contribution in [2.75, 3.05) is 57.3 Å². The van der Waals surface area contributed by atoms with Crippen molar-refractivity contribution >= 4 is 15.7 Å². The van der Waals surface area contributed by atoms with Crippen molar-refractivity contribution < 1.29 is 13.2 Å². The third kappa shape index (κ3) is 5.43. The summed E-state index contributed by atoms with van der Waals surface area (Å²) in [6, 6.07) is -0.125. The predicted molar refractivity (Wildman–Crippen MR) is 92.2 cm³/mol. The van der Waals surface area contributed by atoms with Gasteiger partial charge in [-0.05, 0) is 19.3 Å². The van der Waals surface area contributed by atoms with Crippen molar-refractivity contribution in [1.82, 2.24) is 14.7 Å². The van der Waals surface area contributed by atoms with E-state index in [-0.39, 0.29) is 23.5 Å². The highest BCUT2D eigenvalue weighted by Crippen LogP contribution is 2.18. The molecule has 134 valence electrons. The molecule has 0 radical (unpaired) electrons. The van der Waals surface area contributed by atoms with E-state index in [1.165, 1.54) is 0 Å². The molecule has 0 spiro atoms. The van der Waals surface area contributed by atoms with E-state index < -0.39 is 9.84 Å². The molecule has 6 nitrogen and oxygen atoms in total.